The molecule has 1 aliphatic heterocycles. The van der Waals surface area contributed by atoms with Gasteiger partial charge in [0.25, 0.3) is 0 Å². The monoisotopic (exact) mass is 281 g/mol. The summed E-state index contributed by atoms with van der Waals surface area (Å²) >= 11 is 1.51. The lowest BCUT2D eigenvalue weighted by molar-refractivity contribution is -0.127. The summed E-state index contributed by atoms with van der Waals surface area (Å²) in [6.45, 7) is 3.75. The Morgan fingerprint density at radius 1 is 1.47 bits per heavy atom. The molecule has 104 valence electrons. The van der Waals surface area contributed by atoms with Crippen molar-refractivity contribution in [3.63, 3.8) is 0 Å². The van der Waals surface area contributed by atoms with Gasteiger partial charge in [-0.3, -0.25) is 4.79 Å². The van der Waals surface area contributed by atoms with E-state index >= 15 is 0 Å². The fourth-order valence-electron chi connectivity index (χ4n) is 2.00. The van der Waals surface area contributed by atoms with Gasteiger partial charge < -0.3 is 14.7 Å². The number of ether oxygens (including phenoxy) is 1. The first-order chi connectivity index (χ1) is 9.19. The Morgan fingerprint density at radius 2 is 2.21 bits per heavy atom. The van der Waals surface area contributed by atoms with Crippen molar-refractivity contribution in [2.24, 2.45) is 0 Å². The molecule has 5 heteroatoms. The zero-order valence-corrected chi connectivity index (χ0v) is 11.9. The lowest BCUT2D eigenvalue weighted by atomic mass is 10.3. The van der Waals surface area contributed by atoms with Crippen molar-refractivity contribution >= 4 is 17.7 Å². The third-order valence-electron chi connectivity index (χ3n) is 3.01. The highest BCUT2D eigenvalue weighted by Gasteiger charge is 2.24. The molecule has 1 saturated heterocycles. The third kappa shape index (κ3) is 4.14. The normalized spacial score (nSPS) is 18.6. The number of benzene rings is 1. The van der Waals surface area contributed by atoms with Gasteiger partial charge in [0, 0.05) is 18.0 Å². The Labute approximate surface area is 117 Å². The first kappa shape index (κ1) is 14.2. The molecule has 4 nitrogen and oxygen atoms in total. The second kappa shape index (κ2) is 6.82. The van der Waals surface area contributed by atoms with E-state index in [1.54, 1.807) is 4.90 Å². The lowest BCUT2D eigenvalue weighted by Crippen LogP contribution is -2.30. The van der Waals surface area contributed by atoms with E-state index in [2.05, 4.69) is 0 Å². The smallest absolute Gasteiger partial charge is 0.233 e. The van der Waals surface area contributed by atoms with E-state index in [4.69, 9.17) is 4.74 Å². The van der Waals surface area contributed by atoms with Crippen LogP contribution in [0.15, 0.2) is 29.2 Å². The van der Waals surface area contributed by atoms with E-state index in [1.165, 1.54) is 11.8 Å². The van der Waals surface area contributed by atoms with Gasteiger partial charge in [0.05, 0.1) is 18.5 Å². The average molecular weight is 281 g/mol. The van der Waals surface area contributed by atoms with E-state index < -0.39 is 0 Å². The first-order valence-electron chi connectivity index (χ1n) is 6.50. The van der Waals surface area contributed by atoms with Gasteiger partial charge in [-0.25, -0.2) is 0 Å². The van der Waals surface area contributed by atoms with Gasteiger partial charge in [-0.2, -0.15) is 0 Å². The topological polar surface area (TPSA) is 49.8 Å². The molecule has 1 aliphatic rings. The molecule has 1 aromatic carbocycles. The fourth-order valence-corrected chi connectivity index (χ4v) is 2.80. The van der Waals surface area contributed by atoms with Crippen LogP contribution in [-0.2, 0) is 4.79 Å². The standard InChI is InChI=1S/C14H19NO3S/c1-2-18-12-3-5-13(6-4-12)19-10-14(17)15-8-7-11(16)9-15/h3-6,11,16H,2,7-10H2,1H3/t11-/m1/s1. The molecule has 0 aliphatic carbocycles. The van der Waals surface area contributed by atoms with Crippen LogP contribution in [0.2, 0.25) is 0 Å². The summed E-state index contributed by atoms with van der Waals surface area (Å²) in [6, 6.07) is 7.75. The molecule has 1 atom stereocenters. The second-order valence-corrected chi connectivity index (χ2v) is 5.52. The second-order valence-electron chi connectivity index (χ2n) is 4.48. The minimum absolute atomic E-state index is 0.0930. The number of nitrogens with zero attached hydrogens (tertiary/aromatic N) is 1. The minimum atomic E-state index is -0.348. The number of aliphatic hydroxyl groups excluding tert-OH is 1. The SMILES string of the molecule is CCOc1ccc(SCC(=O)N2CC[C@@H](O)C2)cc1. The van der Waals surface area contributed by atoms with Crippen molar-refractivity contribution in [1.82, 2.24) is 4.90 Å². The summed E-state index contributed by atoms with van der Waals surface area (Å²) in [5.74, 6) is 1.36. The van der Waals surface area contributed by atoms with E-state index in [0.29, 0.717) is 31.9 Å². The Kier molecular flexibility index (Phi) is 5.10. The number of aliphatic hydroxyl groups is 1. The van der Waals surface area contributed by atoms with Gasteiger partial charge in [0.15, 0.2) is 0 Å². The average Bonchev–Trinajstić information content (AvgIpc) is 2.85. The molecule has 0 spiro atoms. The van der Waals surface area contributed by atoms with Crippen molar-refractivity contribution in [2.45, 2.75) is 24.3 Å². The quantitative estimate of drug-likeness (QED) is 0.836. The molecule has 0 radical (unpaired) electrons. The summed E-state index contributed by atoms with van der Waals surface area (Å²) in [5.41, 5.74) is 0. The summed E-state index contributed by atoms with van der Waals surface area (Å²) in [6.07, 6.45) is 0.346. The molecule has 0 unspecified atom stereocenters. The zero-order chi connectivity index (χ0) is 13.7. The molecule has 0 saturated carbocycles. The van der Waals surface area contributed by atoms with Crippen LogP contribution in [0.1, 0.15) is 13.3 Å². The predicted molar refractivity (Wildman–Crippen MR) is 75.5 cm³/mol. The summed E-state index contributed by atoms with van der Waals surface area (Å²) in [5, 5.41) is 9.40. The van der Waals surface area contributed by atoms with Crippen molar-refractivity contribution in [1.29, 1.82) is 0 Å². The summed E-state index contributed by atoms with van der Waals surface area (Å²) in [7, 11) is 0. The van der Waals surface area contributed by atoms with Gasteiger partial charge in [-0.15, -0.1) is 11.8 Å². The highest BCUT2D eigenvalue weighted by atomic mass is 32.2. The van der Waals surface area contributed by atoms with Crippen LogP contribution < -0.4 is 4.74 Å². The van der Waals surface area contributed by atoms with E-state index in [9.17, 15) is 9.90 Å². The molecule has 1 heterocycles. The molecule has 0 aromatic heterocycles. The number of carbonyl (C=O) groups is 1. The Morgan fingerprint density at radius 3 is 2.79 bits per heavy atom. The fraction of sp³-hybridized carbons (Fsp3) is 0.500. The maximum absolute atomic E-state index is 11.9. The molecule has 1 amide bonds. The Hall–Kier alpha value is -1.20. The molecular weight excluding hydrogens is 262 g/mol. The van der Waals surface area contributed by atoms with E-state index in [0.717, 1.165) is 10.6 Å². The number of carbonyl (C=O) groups excluding carboxylic acids is 1. The van der Waals surface area contributed by atoms with Crippen LogP contribution in [-0.4, -0.2) is 47.5 Å². The largest absolute Gasteiger partial charge is 0.494 e. The first-order valence-corrected chi connectivity index (χ1v) is 7.49. The van der Waals surface area contributed by atoms with Gasteiger partial charge in [0.1, 0.15) is 5.75 Å². The van der Waals surface area contributed by atoms with Crippen molar-refractivity contribution in [3.8, 4) is 5.75 Å². The lowest BCUT2D eigenvalue weighted by Gasteiger charge is -2.15. The van der Waals surface area contributed by atoms with Gasteiger partial charge >= 0.3 is 0 Å². The molecule has 2 rings (SSSR count). The number of hydrogen-bond acceptors (Lipinski definition) is 4. The summed E-state index contributed by atoms with van der Waals surface area (Å²) in [4.78, 5) is 14.7. The Bertz CT molecular complexity index is 421. The van der Waals surface area contributed by atoms with Crippen LogP contribution in [0.4, 0.5) is 0 Å². The van der Waals surface area contributed by atoms with Crippen molar-refractivity contribution in [2.75, 3.05) is 25.4 Å². The number of rotatable bonds is 5. The maximum atomic E-state index is 11.9. The highest BCUT2D eigenvalue weighted by molar-refractivity contribution is 8.00. The third-order valence-corrected chi connectivity index (χ3v) is 4.01. The minimum Gasteiger partial charge on any atom is -0.494 e. The zero-order valence-electron chi connectivity index (χ0n) is 11.0. The van der Waals surface area contributed by atoms with Gasteiger partial charge in [-0.05, 0) is 37.6 Å². The number of hydrogen-bond donors (Lipinski definition) is 1. The van der Waals surface area contributed by atoms with Crippen LogP contribution in [0.25, 0.3) is 0 Å². The van der Waals surface area contributed by atoms with Gasteiger partial charge in [0.2, 0.25) is 5.91 Å². The van der Waals surface area contributed by atoms with E-state index in [1.807, 2.05) is 31.2 Å². The van der Waals surface area contributed by atoms with Crippen LogP contribution in [0, 0.1) is 0 Å². The number of thioether (sulfide) groups is 1. The van der Waals surface area contributed by atoms with Crippen LogP contribution in [0.5, 0.6) is 5.75 Å². The maximum Gasteiger partial charge on any atom is 0.233 e. The van der Waals surface area contributed by atoms with Crippen LogP contribution in [0.3, 0.4) is 0 Å². The molecule has 0 bridgehead atoms. The van der Waals surface area contributed by atoms with Crippen molar-refractivity contribution in [3.05, 3.63) is 24.3 Å². The molecule has 19 heavy (non-hydrogen) atoms. The predicted octanol–water partition coefficient (Wildman–Crippen LogP) is 1.77. The number of β-amino-alcohol motifs (C(OH)–C–C–N with tert-alkyl or cyclic N) is 1. The molecule has 1 aromatic rings. The van der Waals surface area contributed by atoms with Crippen molar-refractivity contribution < 1.29 is 14.6 Å². The van der Waals surface area contributed by atoms with Gasteiger partial charge in [-0.1, -0.05) is 0 Å². The summed E-state index contributed by atoms with van der Waals surface area (Å²) < 4.78 is 5.37. The van der Waals surface area contributed by atoms with E-state index in [-0.39, 0.29) is 12.0 Å². The number of likely N-dealkylation sites (tertiary alicyclic amines) is 1. The highest BCUT2D eigenvalue weighted by Crippen LogP contribution is 2.22. The molecule has 1 N–H and O–H groups in total. The number of amides is 1. The molecular formula is C14H19NO3S. The Balaban J connectivity index is 1.80. The molecule has 1 fully saturated rings. The van der Waals surface area contributed by atoms with Crippen LogP contribution >= 0.6 is 11.8 Å².